The van der Waals surface area contributed by atoms with Gasteiger partial charge in [0.15, 0.2) is 7.14 Å². The summed E-state index contributed by atoms with van der Waals surface area (Å²) >= 11 is -0.0691. The molecule has 3 rings (SSSR count). The fourth-order valence-electron chi connectivity index (χ4n) is 2.82. The van der Waals surface area contributed by atoms with Gasteiger partial charge in [0.25, 0.3) is 0 Å². The van der Waals surface area contributed by atoms with Gasteiger partial charge in [-0.05, 0) is 61.9 Å². The van der Waals surface area contributed by atoms with Crippen LogP contribution < -0.4 is 25.9 Å². The minimum Gasteiger partial charge on any atom is -0.744 e. The van der Waals surface area contributed by atoms with E-state index < -0.39 is 18.2 Å². The number of aryl methyl sites for hydroxylation is 1. The maximum absolute atomic E-state index is 10.4. The highest BCUT2D eigenvalue weighted by molar-refractivity contribution is 7.85. The van der Waals surface area contributed by atoms with Crippen molar-refractivity contribution in [3.8, 4) is 5.75 Å². The second kappa shape index (κ2) is 13.3. The first-order valence-electron chi connectivity index (χ1n) is 11.0. The maximum Gasteiger partial charge on any atom is 0.357 e. The van der Waals surface area contributed by atoms with Crippen LogP contribution in [-0.4, -0.2) is 27.7 Å². The van der Waals surface area contributed by atoms with Gasteiger partial charge in [-0.25, -0.2) is 8.42 Å². The highest BCUT2D eigenvalue weighted by atomic mass is 127. The first kappa shape index (κ1) is 27.6. The van der Waals surface area contributed by atoms with Crippen molar-refractivity contribution in [2.24, 2.45) is 0 Å². The van der Waals surface area contributed by atoms with Crippen LogP contribution in [0.1, 0.15) is 18.9 Å². The largest absolute Gasteiger partial charge is 0.744 e. The minimum absolute atomic E-state index is 0.0691. The predicted molar refractivity (Wildman–Crippen MR) is 132 cm³/mol. The summed E-state index contributed by atoms with van der Waals surface area (Å²) in [5, 5.41) is 0. The van der Waals surface area contributed by atoms with E-state index in [0.717, 1.165) is 17.9 Å². The summed E-state index contributed by atoms with van der Waals surface area (Å²) in [6, 6.07) is 28.0. The monoisotopic (exact) mass is 596 g/mol. The molecular weight excluding hydrogens is 563 g/mol. The lowest BCUT2D eigenvalue weighted by molar-refractivity contribution is -0.597. The highest BCUT2D eigenvalue weighted by Crippen LogP contribution is 2.17. The van der Waals surface area contributed by atoms with E-state index in [4.69, 9.17) is 4.74 Å². The molecular formula is C26H33IO4SSi. The molecule has 0 saturated carbocycles. The van der Waals surface area contributed by atoms with E-state index >= 15 is 0 Å². The van der Waals surface area contributed by atoms with Crippen molar-refractivity contribution in [1.82, 2.24) is 0 Å². The third-order valence-electron chi connectivity index (χ3n) is 5.30. The zero-order valence-corrected chi connectivity index (χ0v) is 23.7. The molecule has 178 valence electrons. The Hall–Kier alpha value is -1.68. The highest BCUT2D eigenvalue weighted by Gasteiger charge is 2.17. The van der Waals surface area contributed by atoms with Crippen molar-refractivity contribution in [2.45, 2.75) is 50.3 Å². The van der Waals surface area contributed by atoms with Crippen LogP contribution in [0.25, 0.3) is 0 Å². The van der Waals surface area contributed by atoms with Gasteiger partial charge in [0.1, 0.15) is 15.9 Å². The molecule has 0 unspecified atom stereocenters. The average molecular weight is 597 g/mol. The van der Waals surface area contributed by atoms with E-state index in [-0.39, 0.29) is 26.1 Å². The molecule has 7 heteroatoms. The topological polar surface area (TPSA) is 66.4 Å². The third kappa shape index (κ3) is 10.9. The van der Waals surface area contributed by atoms with Gasteiger partial charge in [-0.2, -0.15) is 0 Å². The Labute approximate surface area is 210 Å². The fourth-order valence-corrected chi connectivity index (χ4v) is 6.96. The van der Waals surface area contributed by atoms with Gasteiger partial charge in [-0.15, -0.1) is 0 Å². The van der Waals surface area contributed by atoms with Gasteiger partial charge >= 0.3 is 21.2 Å². The summed E-state index contributed by atoms with van der Waals surface area (Å²) in [7, 11) is -5.21. The number of hydrogen-bond donors (Lipinski definition) is 0. The fraction of sp³-hybridized carbons (Fsp3) is 0.308. The molecule has 3 aromatic rings. The molecule has 0 radical (unpaired) electrons. The van der Waals surface area contributed by atoms with Crippen molar-refractivity contribution in [3.05, 3.63) is 91.6 Å². The molecule has 33 heavy (non-hydrogen) atoms. The molecule has 4 nitrogen and oxygen atoms in total. The van der Waals surface area contributed by atoms with Crippen LogP contribution in [0.3, 0.4) is 0 Å². The van der Waals surface area contributed by atoms with Crippen LogP contribution in [0.4, 0.5) is 0 Å². The number of benzene rings is 3. The second-order valence-corrected chi connectivity index (χ2v) is 18.5. The summed E-state index contributed by atoms with van der Waals surface area (Å²) < 4.78 is 40.0. The normalized spacial score (nSPS) is 11.4. The first-order valence-corrected chi connectivity index (χ1v) is 18.0. The summed E-state index contributed by atoms with van der Waals surface area (Å²) in [6.45, 7) is 9.93. The molecule has 0 aliphatic carbocycles. The molecule has 0 atom stereocenters. The summed E-state index contributed by atoms with van der Waals surface area (Å²) in [5.41, 5.74) is 0.928. The van der Waals surface area contributed by atoms with E-state index in [2.05, 4.69) is 74.6 Å². The molecule has 0 amide bonds. The number of halogens is 1. The van der Waals surface area contributed by atoms with E-state index in [1.54, 1.807) is 12.1 Å². The molecule has 0 aromatic heterocycles. The Balaban J connectivity index is 0.000000294. The summed E-state index contributed by atoms with van der Waals surface area (Å²) in [6.07, 6.45) is 1.19. The van der Waals surface area contributed by atoms with Crippen LogP contribution in [0, 0.1) is 14.1 Å². The van der Waals surface area contributed by atoms with Crippen molar-refractivity contribution < 1.29 is 38.9 Å². The van der Waals surface area contributed by atoms with Crippen molar-refractivity contribution in [3.63, 3.8) is 0 Å². The van der Waals surface area contributed by atoms with E-state index in [0.29, 0.717) is 0 Å². The third-order valence-corrected chi connectivity index (χ3v) is 12.5. The Kier molecular flexibility index (Phi) is 11.1. The minimum atomic E-state index is -4.27. The Morgan fingerprint density at radius 2 is 1.45 bits per heavy atom. The molecule has 0 N–H and O–H groups in total. The van der Waals surface area contributed by atoms with Crippen molar-refractivity contribution in [2.75, 3.05) is 6.61 Å². The van der Waals surface area contributed by atoms with Crippen molar-refractivity contribution >= 4 is 18.2 Å². The SMILES string of the molecule is CC[Si](C)(C)CCCOc1ccc([I+]c2ccccc2)cc1.Cc1ccc(S(=O)(=O)[O-])cc1. The van der Waals surface area contributed by atoms with E-state index in [1.165, 1.54) is 37.8 Å². The van der Waals surface area contributed by atoms with Crippen LogP contribution >= 0.6 is 0 Å². The van der Waals surface area contributed by atoms with Crippen LogP contribution in [0.5, 0.6) is 5.75 Å². The molecule has 0 aliphatic rings. The lowest BCUT2D eigenvalue weighted by atomic mass is 10.2. The number of hydrogen-bond acceptors (Lipinski definition) is 4. The molecule has 3 aromatic carbocycles. The Morgan fingerprint density at radius 1 is 0.879 bits per heavy atom. The van der Waals surface area contributed by atoms with Gasteiger partial charge in [0.05, 0.1) is 11.5 Å². The predicted octanol–water partition coefficient (Wildman–Crippen LogP) is 3.21. The maximum atomic E-state index is 10.4. The van der Waals surface area contributed by atoms with Gasteiger partial charge in [-0.1, -0.05) is 68.0 Å². The molecule has 0 saturated heterocycles. The zero-order chi connectivity index (χ0) is 24.3. The molecule has 0 fully saturated rings. The summed E-state index contributed by atoms with van der Waals surface area (Å²) in [5.74, 6) is 1.01. The second-order valence-electron chi connectivity index (χ2n) is 8.58. The Bertz CT molecular complexity index is 1070. The molecule has 0 spiro atoms. The average Bonchev–Trinajstić information content (AvgIpc) is 2.79. The van der Waals surface area contributed by atoms with E-state index in [9.17, 15) is 13.0 Å². The zero-order valence-electron chi connectivity index (χ0n) is 19.8. The lowest BCUT2D eigenvalue weighted by Gasteiger charge is -2.19. The van der Waals surface area contributed by atoms with Crippen molar-refractivity contribution in [1.29, 1.82) is 0 Å². The molecule has 0 bridgehead atoms. The van der Waals surface area contributed by atoms with Gasteiger partial charge < -0.3 is 9.29 Å². The lowest BCUT2D eigenvalue weighted by Crippen LogP contribution is -3.61. The van der Waals surface area contributed by atoms with Crippen LogP contribution in [-0.2, 0) is 10.1 Å². The molecule has 0 aliphatic heterocycles. The van der Waals surface area contributed by atoms with Crippen LogP contribution in [0.15, 0.2) is 83.8 Å². The van der Waals surface area contributed by atoms with E-state index in [1.807, 2.05) is 6.92 Å². The van der Waals surface area contributed by atoms with Crippen LogP contribution in [0.2, 0.25) is 25.2 Å². The quantitative estimate of drug-likeness (QED) is 0.165. The standard InChI is InChI=1S/C19H26IOSi.C7H8O3S/c1-4-22(2,3)16-8-15-21-19-13-11-18(12-14-19)20-17-9-6-5-7-10-17;1-6-2-4-7(5-3-6)11(8,9)10/h5-7,9-14H,4,8,15-16H2,1-3H3;2-5H,1H3,(H,8,9,10)/q+1;/p-1. The van der Waals surface area contributed by atoms with Gasteiger partial charge in [-0.3, -0.25) is 0 Å². The number of rotatable bonds is 9. The molecule has 0 heterocycles. The van der Waals surface area contributed by atoms with Gasteiger partial charge in [0, 0.05) is 8.07 Å². The summed E-state index contributed by atoms with van der Waals surface area (Å²) in [4.78, 5) is -0.178. The van der Waals surface area contributed by atoms with Gasteiger partial charge in [0.2, 0.25) is 0 Å². The first-order chi connectivity index (χ1) is 15.6. The number of ether oxygens (including phenoxy) is 1. The Morgan fingerprint density at radius 3 is 2.00 bits per heavy atom. The smallest absolute Gasteiger partial charge is 0.357 e.